The fraction of sp³-hybridized carbons (Fsp3) is 1.00. The molecule has 0 bridgehead atoms. The smallest absolute Gasteiger partial charge is 0.00672 e. The van der Waals surface area contributed by atoms with Crippen molar-refractivity contribution in [3.8, 4) is 0 Å². The fourth-order valence-electron chi connectivity index (χ4n) is 3.97. The van der Waals surface area contributed by atoms with Crippen molar-refractivity contribution in [1.29, 1.82) is 0 Å². The zero-order chi connectivity index (χ0) is 14.6. The summed E-state index contributed by atoms with van der Waals surface area (Å²) in [7, 11) is 2.25. The van der Waals surface area contributed by atoms with Gasteiger partial charge in [0.05, 0.1) is 0 Å². The lowest BCUT2D eigenvalue weighted by molar-refractivity contribution is 0.206. The molecule has 1 saturated heterocycles. The molecule has 0 aromatic heterocycles. The molecule has 0 radical (unpaired) electrons. The molecule has 0 aromatic rings. The minimum atomic E-state index is 0.503. The van der Waals surface area contributed by atoms with Crippen LogP contribution in [0.4, 0.5) is 0 Å². The Labute approximate surface area is 126 Å². The van der Waals surface area contributed by atoms with E-state index < -0.39 is 0 Å². The van der Waals surface area contributed by atoms with E-state index in [0.717, 1.165) is 17.9 Å². The minimum absolute atomic E-state index is 0.503. The van der Waals surface area contributed by atoms with Crippen LogP contribution in [0.15, 0.2) is 0 Å². The number of piperidine rings is 1. The van der Waals surface area contributed by atoms with Crippen LogP contribution in [0.5, 0.6) is 0 Å². The van der Waals surface area contributed by atoms with E-state index in [9.17, 15) is 0 Å². The van der Waals surface area contributed by atoms with E-state index in [-0.39, 0.29) is 0 Å². The van der Waals surface area contributed by atoms with Crippen LogP contribution in [0.3, 0.4) is 0 Å². The van der Waals surface area contributed by atoms with Gasteiger partial charge in [-0.3, -0.25) is 0 Å². The van der Waals surface area contributed by atoms with Crippen molar-refractivity contribution in [3.63, 3.8) is 0 Å². The summed E-state index contributed by atoms with van der Waals surface area (Å²) in [5.74, 6) is 1.85. The van der Waals surface area contributed by atoms with Gasteiger partial charge in [-0.05, 0) is 82.5 Å². The van der Waals surface area contributed by atoms with Gasteiger partial charge in [-0.1, -0.05) is 27.2 Å². The summed E-state index contributed by atoms with van der Waals surface area (Å²) >= 11 is 0. The highest BCUT2D eigenvalue weighted by Gasteiger charge is 2.28. The van der Waals surface area contributed by atoms with Gasteiger partial charge in [0.2, 0.25) is 0 Å². The van der Waals surface area contributed by atoms with E-state index in [1.54, 1.807) is 0 Å². The fourth-order valence-corrected chi connectivity index (χ4v) is 3.97. The largest absolute Gasteiger partial charge is 0.314 e. The lowest BCUT2D eigenvalue weighted by Gasteiger charge is -2.31. The summed E-state index contributed by atoms with van der Waals surface area (Å²) in [4.78, 5) is 2.47. The Morgan fingerprint density at radius 3 is 2.30 bits per heavy atom. The first kappa shape index (κ1) is 16.3. The van der Waals surface area contributed by atoms with Crippen LogP contribution < -0.4 is 5.32 Å². The molecule has 1 N–H and O–H groups in total. The van der Waals surface area contributed by atoms with E-state index in [2.05, 4.69) is 38.0 Å². The average molecular weight is 280 g/mol. The third-order valence-electron chi connectivity index (χ3n) is 5.73. The van der Waals surface area contributed by atoms with Gasteiger partial charge in [-0.2, -0.15) is 0 Å². The van der Waals surface area contributed by atoms with Crippen LogP contribution in [0, 0.1) is 17.3 Å². The van der Waals surface area contributed by atoms with Crippen molar-refractivity contribution in [3.05, 3.63) is 0 Å². The molecule has 1 heterocycles. The number of rotatable bonds is 3. The number of hydrogen-bond acceptors (Lipinski definition) is 2. The van der Waals surface area contributed by atoms with Crippen molar-refractivity contribution in [1.82, 2.24) is 10.2 Å². The van der Waals surface area contributed by atoms with Crippen molar-refractivity contribution in [2.24, 2.45) is 17.3 Å². The van der Waals surface area contributed by atoms with Gasteiger partial charge in [0.25, 0.3) is 0 Å². The highest BCUT2D eigenvalue weighted by Crippen LogP contribution is 2.36. The van der Waals surface area contributed by atoms with Crippen LogP contribution in [0.2, 0.25) is 0 Å². The van der Waals surface area contributed by atoms with Crippen molar-refractivity contribution in [2.75, 3.05) is 26.7 Å². The molecule has 1 aliphatic carbocycles. The molecular formula is C18H36N2. The molecule has 2 heteroatoms. The molecule has 2 unspecified atom stereocenters. The minimum Gasteiger partial charge on any atom is -0.314 e. The highest BCUT2D eigenvalue weighted by atomic mass is 15.1. The molecule has 20 heavy (non-hydrogen) atoms. The van der Waals surface area contributed by atoms with Crippen molar-refractivity contribution >= 4 is 0 Å². The van der Waals surface area contributed by atoms with E-state index >= 15 is 0 Å². The maximum atomic E-state index is 3.90. The van der Waals surface area contributed by atoms with Crippen molar-refractivity contribution < 1.29 is 0 Å². The third kappa shape index (κ3) is 5.04. The monoisotopic (exact) mass is 280 g/mol. The second kappa shape index (κ2) is 7.26. The van der Waals surface area contributed by atoms with Gasteiger partial charge < -0.3 is 10.2 Å². The second-order valence-corrected chi connectivity index (χ2v) is 8.42. The number of nitrogens with zero attached hydrogens (tertiary/aromatic N) is 1. The number of hydrogen-bond donors (Lipinski definition) is 1. The molecule has 2 aliphatic rings. The van der Waals surface area contributed by atoms with Gasteiger partial charge >= 0.3 is 0 Å². The summed E-state index contributed by atoms with van der Waals surface area (Å²) < 4.78 is 0. The van der Waals surface area contributed by atoms with Gasteiger partial charge in [0.15, 0.2) is 0 Å². The van der Waals surface area contributed by atoms with Gasteiger partial charge in [-0.15, -0.1) is 0 Å². The molecule has 1 aliphatic heterocycles. The van der Waals surface area contributed by atoms with Gasteiger partial charge in [0.1, 0.15) is 0 Å². The van der Waals surface area contributed by atoms with Crippen molar-refractivity contribution in [2.45, 2.75) is 71.8 Å². The molecule has 0 spiro atoms. The summed E-state index contributed by atoms with van der Waals surface area (Å²) in [6, 6.07) is 0.794. The van der Waals surface area contributed by atoms with Gasteiger partial charge in [-0.25, -0.2) is 0 Å². The normalized spacial score (nSPS) is 31.2. The molecule has 118 valence electrons. The summed E-state index contributed by atoms with van der Waals surface area (Å²) in [6.07, 6.45) is 9.87. The Kier molecular flexibility index (Phi) is 5.92. The first-order chi connectivity index (χ1) is 9.45. The molecule has 1 saturated carbocycles. The van der Waals surface area contributed by atoms with Crippen LogP contribution in [0.1, 0.15) is 65.7 Å². The summed E-state index contributed by atoms with van der Waals surface area (Å²) in [6.45, 7) is 11.1. The third-order valence-corrected chi connectivity index (χ3v) is 5.73. The zero-order valence-electron chi connectivity index (χ0n) is 14.3. The second-order valence-electron chi connectivity index (χ2n) is 8.42. The average Bonchev–Trinajstić information content (AvgIpc) is 2.63. The van der Waals surface area contributed by atoms with E-state index in [1.165, 1.54) is 64.6 Å². The van der Waals surface area contributed by atoms with Crippen LogP contribution in [-0.2, 0) is 0 Å². The quantitative estimate of drug-likeness (QED) is 0.788. The molecule has 0 amide bonds. The van der Waals surface area contributed by atoms with E-state index in [1.807, 2.05) is 0 Å². The SMILES string of the molecule is CN1CCC(CNC2CCCC(C(C)(C)C)CC2)CC1. The summed E-state index contributed by atoms with van der Waals surface area (Å²) in [5.41, 5.74) is 0.503. The summed E-state index contributed by atoms with van der Waals surface area (Å²) in [5, 5.41) is 3.90. The lowest BCUT2D eigenvalue weighted by atomic mass is 9.76. The standard InChI is InChI=1S/C18H36N2/c1-18(2,3)16-6-5-7-17(9-8-16)19-14-15-10-12-20(4)13-11-15/h15-17,19H,5-14H2,1-4H3. The molecule has 2 fully saturated rings. The van der Waals surface area contributed by atoms with Crippen LogP contribution >= 0.6 is 0 Å². The maximum absolute atomic E-state index is 3.90. The predicted octanol–water partition coefficient (Wildman–Crippen LogP) is 3.91. The predicted molar refractivity (Wildman–Crippen MR) is 88.0 cm³/mol. The molecular weight excluding hydrogens is 244 g/mol. The Bertz CT molecular complexity index is 274. The first-order valence-corrected chi connectivity index (χ1v) is 8.87. The number of nitrogens with one attached hydrogen (secondary N) is 1. The molecule has 2 atom stereocenters. The molecule has 2 rings (SSSR count). The maximum Gasteiger partial charge on any atom is 0.00672 e. The van der Waals surface area contributed by atoms with Crippen LogP contribution in [-0.4, -0.2) is 37.6 Å². The topological polar surface area (TPSA) is 15.3 Å². The Morgan fingerprint density at radius 1 is 0.950 bits per heavy atom. The lowest BCUT2D eigenvalue weighted by Crippen LogP contribution is -2.38. The van der Waals surface area contributed by atoms with Crippen LogP contribution in [0.25, 0.3) is 0 Å². The molecule has 2 nitrogen and oxygen atoms in total. The van der Waals surface area contributed by atoms with E-state index in [0.29, 0.717) is 5.41 Å². The Hall–Kier alpha value is -0.0800. The zero-order valence-corrected chi connectivity index (χ0v) is 14.3. The Balaban J connectivity index is 1.69. The first-order valence-electron chi connectivity index (χ1n) is 8.87. The molecule has 0 aromatic carbocycles. The van der Waals surface area contributed by atoms with E-state index in [4.69, 9.17) is 0 Å². The highest BCUT2D eigenvalue weighted by molar-refractivity contribution is 4.82. The number of likely N-dealkylation sites (tertiary alicyclic amines) is 1. The Morgan fingerprint density at radius 2 is 1.65 bits per heavy atom. The van der Waals surface area contributed by atoms with Gasteiger partial charge in [0, 0.05) is 6.04 Å².